The van der Waals surface area contributed by atoms with Gasteiger partial charge in [-0.3, -0.25) is 0 Å². The highest BCUT2D eigenvalue weighted by Crippen LogP contribution is 2.27. The van der Waals surface area contributed by atoms with E-state index >= 15 is 0 Å². The zero-order valence-electron chi connectivity index (χ0n) is 15.9. The van der Waals surface area contributed by atoms with Crippen molar-refractivity contribution < 1.29 is 51.5 Å². The van der Waals surface area contributed by atoms with Crippen LogP contribution >= 0.6 is 22.7 Å². The molecule has 0 bridgehead atoms. The van der Waals surface area contributed by atoms with Crippen molar-refractivity contribution in [1.82, 2.24) is 9.97 Å². The van der Waals surface area contributed by atoms with Crippen LogP contribution in [0.2, 0.25) is 0 Å². The average Bonchev–Trinajstić information content (AvgIpc) is 3.37. The van der Waals surface area contributed by atoms with E-state index in [4.69, 9.17) is 0 Å². The van der Waals surface area contributed by atoms with Crippen LogP contribution in [0.3, 0.4) is 0 Å². The van der Waals surface area contributed by atoms with Crippen molar-refractivity contribution in [1.29, 1.82) is 0 Å². The normalized spacial score (nSPS) is 14.4. The second kappa shape index (κ2) is 9.16. The standard InChI is InChI=1S/C16H8F6N2O6S4/c17-15(18,19)33(25,26)29-13-11(7-9-3-1-5-31-9)23-14(30-34(27,28)16(20,21)22)12(24-13)8-10-4-2-6-32-10/h1-8H/b11-7-,12-8-. The molecule has 0 radical (unpaired) electrons. The molecule has 3 aromatic heterocycles. The summed E-state index contributed by atoms with van der Waals surface area (Å²) in [6.45, 7) is 0. The summed E-state index contributed by atoms with van der Waals surface area (Å²) in [5.41, 5.74) is -11.7. The lowest BCUT2D eigenvalue weighted by atomic mass is 10.4. The molecule has 0 amide bonds. The highest BCUT2D eigenvalue weighted by atomic mass is 32.2. The van der Waals surface area contributed by atoms with E-state index in [1.54, 1.807) is 0 Å². The summed E-state index contributed by atoms with van der Waals surface area (Å²) in [7, 11) is -12.5. The summed E-state index contributed by atoms with van der Waals surface area (Å²) in [6, 6.07) is 5.77. The largest absolute Gasteiger partial charge is 0.534 e. The maximum absolute atomic E-state index is 12.9. The molecule has 3 heterocycles. The van der Waals surface area contributed by atoms with Crippen molar-refractivity contribution in [2.75, 3.05) is 0 Å². The minimum atomic E-state index is -6.27. The second-order valence-corrected chi connectivity index (χ2v) is 10.9. The molecule has 3 rings (SSSR count). The van der Waals surface area contributed by atoms with E-state index < -0.39 is 53.7 Å². The molecule has 0 aliphatic carbocycles. The molecular weight excluding hydrogens is 558 g/mol. The Kier molecular flexibility index (Phi) is 6.98. The molecule has 0 spiro atoms. The Morgan fingerprint density at radius 3 is 1.32 bits per heavy atom. The summed E-state index contributed by atoms with van der Waals surface area (Å²) in [4.78, 5) is 7.47. The number of aromatic nitrogens is 2. The molecule has 0 aliphatic rings. The predicted molar refractivity (Wildman–Crippen MR) is 108 cm³/mol. The maximum atomic E-state index is 12.9. The third-order valence-electron chi connectivity index (χ3n) is 3.47. The van der Waals surface area contributed by atoms with Crippen LogP contribution in [0.1, 0.15) is 9.75 Å². The van der Waals surface area contributed by atoms with Gasteiger partial charge in [-0.05, 0) is 35.0 Å². The molecule has 0 saturated carbocycles. The molecule has 0 saturated heterocycles. The fourth-order valence-corrected chi connectivity index (χ4v) is 4.21. The van der Waals surface area contributed by atoms with Gasteiger partial charge in [-0.2, -0.15) is 43.2 Å². The molecule has 0 aromatic carbocycles. The SMILES string of the molecule is O=S(=O)(Oc1n/c(=C\c2cccs2)c(OS(=O)(=O)C(F)(F)F)n/c1=C\c1cccs1)C(F)(F)F. The van der Waals surface area contributed by atoms with Crippen LogP contribution in [0.25, 0.3) is 12.2 Å². The Morgan fingerprint density at radius 1 is 0.706 bits per heavy atom. The zero-order chi connectivity index (χ0) is 25.4. The number of hydrogen-bond donors (Lipinski definition) is 0. The quantitative estimate of drug-likeness (QED) is 0.254. The third kappa shape index (κ3) is 5.86. The fourth-order valence-electron chi connectivity index (χ4n) is 2.06. The molecule has 0 aliphatic heterocycles. The average molecular weight is 567 g/mol. The molecule has 18 heteroatoms. The van der Waals surface area contributed by atoms with Crippen molar-refractivity contribution in [2.45, 2.75) is 11.0 Å². The predicted octanol–water partition coefficient (Wildman–Crippen LogP) is 2.71. The zero-order valence-corrected chi connectivity index (χ0v) is 19.1. The molecule has 3 aromatic rings. The molecule has 0 N–H and O–H groups in total. The summed E-state index contributed by atoms with van der Waals surface area (Å²) in [6.07, 6.45) is 1.84. The smallest absolute Gasteiger partial charge is 0.353 e. The minimum Gasteiger partial charge on any atom is -0.353 e. The van der Waals surface area contributed by atoms with Gasteiger partial charge in [0.05, 0.1) is 0 Å². The first-order valence-electron chi connectivity index (χ1n) is 8.29. The van der Waals surface area contributed by atoms with Crippen LogP contribution in [-0.4, -0.2) is 37.8 Å². The molecular formula is C16H8F6N2O6S4. The Labute approximate surface area is 194 Å². The minimum absolute atomic E-state index is 0.239. The number of nitrogens with zero attached hydrogens (tertiary/aromatic N) is 2. The Bertz CT molecular complexity index is 1380. The summed E-state index contributed by atoms with van der Waals surface area (Å²) < 4.78 is 131. The first-order valence-corrected chi connectivity index (χ1v) is 12.9. The van der Waals surface area contributed by atoms with E-state index in [-0.39, 0.29) is 9.75 Å². The van der Waals surface area contributed by atoms with E-state index in [0.717, 1.165) is 34.8 Å². The van der Waals surface area contributed by atoms with Gasteiger partial charge in [-0.1, -0.05) is 12.1 Å². The number of halogens is 6. The molecule has 184 valence electrons. The highest BCUT2D eigenvalue weighted by molar-refractivity contribution is 7.88. The lowest BCUT2D eigenvalue weighted by Crippen LogP contribution is -2.35. The van der Waals surface area contributed by atoms with Crippen LogP contribution in [-0.2, 0) is 20.2 Å². The van der Waals surface area contributed by atoms with Crippen molar-refractivity contribution in [3.05, 3.63) is 55.5 Å². The van der Waals surface area contributed by atoms with Crippen molar-refractivity contribution in [3.8, 4) is 11.8 Å². The van der Waals surface area contributed by atoms with E-state index in [2.05, 4.69) is 18.3 Å². The van der Waals surface area contributed by atoms with E-state index in [1.807, 2.05) is 0 Å². The van der Waals surface area contributed by atoms with E-state index in [1.165, 1.54) is 35.0 Å². The first-order chi connectivity index (χ1) is 15.6. The van der Waals surface area contributed by atoms with Gasteiger partial charge in [0, 0.05) is 9.75 Å². The van der Waals surface area contributed by atoms with Crippen molar-refractivity contribution >= 4 is 55.1 Å². The molecule has 0 unspecified atom stereocenters. The topological polar surface area (TPSA) is 113 Å². The Balaban J connectivity index is 2.33. The van der Waals surface area contributed by atoms with E-state index in [0.29, 0.717) is 0 Å². The van der Waals surface area contributed by atoms with Gasteiger partial charge in [0.25, 0.3) is 11.8 Å². The monoisotopic (exact) mass is 566 g/mol. The van der Waals surface area contributed by atoms with Crippen molar-refractivity contribution in [2.24, 2.45) is 0 Å². The van der Waals surface area contributed by atoms with Crippen LogP contribution in [0.4, 0.5) is 26.3 Å². The molecule has 0 fully saturated rings. The van der Waals surface area contributed by atoms with Gasteiger partial charge in [0.15, 0.2) is 0 Å². The summed E-state index contributed by atoms with van der Waals surface area (Å²) in [5.74, 6) is -2.55. The van der Waals surface area contributed by atoms with Crippen LogP contribution < -0.4 is 19.1 Å². The molecule has 8 nitrogen and oxygen atoms in total. The van der Waals surface area contributed by atoms with Gasteiger partial charge >= 0.3 is 31.3 Å². The van der Waals surface area contributed by atoms with Gasteiger partial charge < -0.3 is 8.37 Å². The van der Waals surface area contributed by atoms with Gasteiger partial charge in [0.2, 0.25) is 0 Å². The summed E-state index contributed by atoms with van der Waals surface area (Å²) >= 11 is 1.97. The first kappa shape index (κ1) is 25.9. The Hall–Kier alpha value is -2.70. The highest BCUT2D eigenvalue weighted by Gasteiger charge is 2.50. The number of hydrogen-bond acceptors (Lipinski definition) is 10. The van der Waals surface area contributed by atoms with Crippen molar-refractivity contribution in [3.63, 3.8) is 0 Å². The van der Waals surface area contributed by atoms with E-state index in [9.17, 15) is 43.2 Å². The lowest BCUT2D eigenvalue weighted by Gasteiger charge is -2.12. The van der Waals surface area contributed by atoms with Crippen LogP contribution in [0.5, 0.6) is 11.8 Å². The summed E-state index contributed by atoms with van der Waals surface area (Å²) in [5, 5.41) is 1.34. The number of thiophene rings is 2. The van der Waals surface area contributed by atoms with Gasteiger partial charge in [-0.15, -0.1) is 22.7 Å². The molecule has 0 atom stereocenters. The number of alkyl halides is 6. The van der Waals surface area contributed by atoms with Crippen LogP contribution in [0, 0.1) is 0 Å². The third-order valence-corrected chi connectivity index (χ3v) is 7.00. The fraction of sp³-hybridized carbons (Fsp3) is 0.125. The second-order valence-electron chi connectivity index (χ2n) is 5.89. The van der Waals surface area contributed by atoms with Gasteiger partial charge in [-0.25, -0.2) is 9.97 Å². The molecule has 34 heavy (non-hydrogen) atoms. The van der Waals surface area contributed by atoms with Gasteiger partial charge in [0.1, 0.15) is 10.7 Å². The Morgan fingerprint density at radius 2 is 1.06 bits per heavy atom. The maximum Gasteiger partial charge on any atom is 0.534 e. The lowest BCUT2D eigenvalue weighted by molar-refractivity contribution is -0.0508. The number of rotatable bonds is 6. The van der Waals surface area contributed by atoms with Crippen LogP contribution in [0.15, 0.2) is 35.0 Å².